The van der Waals surface area contributed by atoms with Gasteiger partial charge in [-0.25, -0.2) is 0 Å². The van der Waals surface area contributed by atoms with Gasteiger partial charge in [0.05, 0.1) is 36.4 Å². The van der Waals surface area contributed by atoms with E-state index in [1.165, 1.54) is 27.9 Å². The molecule has 1 saturated carbocycles. The number of esters is 2. The van der Waals surface area contributed by atoms with Gasteiger partial charge in [-0.1, -0.05) is 18.2 Å². The van der Waals surface area contributed by atoms with Gasteiger partial charge in [-0.15, -0.1) is 0 Å². The number of aliphatic hydroxyl groups excluding tert-OH is 1. The number of ether oxygens (including phenoxy) is 3. The van der Waals surface area contributed by atoms with Crippen molar-refractivity contribution in [2.75, 3.05) is 13.7 Å². The molecule has 5 atom stereocenters. The molecule has 0 aromatic carbocycles. The predicted octanol–water partition coefficient (Wildman–Crippen LogP) is 2.69. The highest BCUT2D eigenvalue weighted by molar-refractivity contribution is 5.76. The molecule has 2 N–H and O–H groups in total. The molecule has 0 radical (unpaired) electrons. The van der Waals surface area contributed by atoms with E-state index >= 15 is 0 Å². The Kier molecular flexibility index (Phi) is 7.88. The monoisotopic (exact) mass is 424 g/mol. The third kappa shape index (κ3) is 6.15. The Morgan fingerprint density at radius 1 is 1.40 bits per heavy atom. The van der Waals surface area contributed by atoms with Crippen LogP contribution < -0.4 is 0 Å². The number of hydrogen-bond donors (Lipinski definition) is 2. The molecule has 1 heterocycles. The van der Waals surface area contributed by atoms with Gasteiger partial charge in [-0.05, 0) is 58.4 Å². The van der Waals surface area contributed by atoms with Gasteiger partial charge in [0.15, 0.2) is 0 Å². The topological polar surface area (TPSA) is 106 Å². The van der Waals surface area contributed by atoms with Gasteiger partial charge in [0, 0.05) is 12.8 Å². The number of carbonyl (C=O) groups is 2. The van der Waals surface area contributed by atoms with Crippen LogP contribution in [0, 0.1) is 11.8 Å². The Balaban J connectivity index is 2.39. The molecule has 1 saturated heterocycles. The van der Waals surface area contributed by atoms with Crippen LogP contribution in [0.2, 0.25) is 0 Å². The summed E-state index contributed by atoms with van der Waals surface area (Å²) < 4.78 is 16.2. The van der Waals surface area contributed by atoms with Gasteiger partial charge >= 0.3 is 11.9 Å². The lowest BCUT2D eigenvalue weighted by molar-refractivity contribution is -0.145. The Hall–Kier alpha value is -1.70. The highest BCUT2D eigenvalue weighted by atomic mass is 16.6. The van der Waals surface area contributed by atoms with E-state index in [0.717, 1.165) is 18.4 Å². The van der Waals surface area contributed by atoms with Crippen molar-refractivity contribution >= 4 is 11.9 Å². The number of hydrogen-bond acceptors (Lipinski definition) is 7. The normalized spacial score (nSPS) is 31.0. The molecule has 2 rings (SSSR count). The van der Waals surface area contributed by atoms with Crippen molar-refractivity contribution in [1.29, 1.82) is 0 Å². The van der Waals surface area contributed by atoms with Crippen molar-refractivity contribution in [1.82, 2.24) is 0 Å². The summed E-state index contributed by atoms with van der Waals surface area (Å²) in [5.74, 6) is -1.68. The van der Waals surface area contributed by atoms with Gasteiger partial charge in [0.2, 0.25) is 0 Å². The SMILES string of the molecule is C=C1CC[C@@H]2O[C@@]2(C)CC[C@H](/C(=C\C[C@H](O)C(C)(C)O)COC(C)=O)[C@H]1C(=O)OC. The number of carbonyl (C=O) groups excluding carboxylic acids is 2. The molecule has 0 aromatic rings. The molecule has 2 aliphatic rings. The third-order valence-electron chi connectivity index (χ3n) is 6.35. The zero-order chi connectivity index (χ0) is 22.7. The molecule has 170 valence electrons. The summed E-state index contributed by atoms with van der Waals surface area (Å²) >= 11 is 0. The second-order valence-corrected chi connectivity index (χ2v) is 9.23. The van der Waals surface area contributed by atoms with Crippen molar-refractivity contribution < 1.29 is 34.0 Å². The van der Waals surface area contributed by atoms with Crippen LogP contribution in [0.1, 0.15) is 59.8 Å². The van der Waals surface area contributed by atoms with Crippen LogP contribution in [0.15, 0.2) is 23.8 Å². The minimum absolute atomic E-state index is 0.000349. The third-order valence-corrected chi connectivity index (χ3v) is 6.35. The average molecular weight is 425 g/mol. The van der Waals surface area contributed by atoms with E-state index in [4.69, 9.17) is 14.2 Å². The molecule has 0 aromatic heterocycles. The van der Waals surface area contributed by atoms with Crippen LogP contribution in [0.3, 0.4) is 0 Å². The molecular weight excluding hydrogens is 388 g/mol. The molecule has 1 aliphatic carbocycles. The second kappa shape index (κ2) is 9.62. The number of methoxy groups -OCH3 is 1. The van der Waals surface area contributed by atoms with Crippen LogP contribution >= 0.6 is 0 Å². The summed E-state index contributed by atoms with van der Waals surface area (Å²) in [6.07, 6.45) is 3.89. The maximum absolute atomic E-state index is 12.7. The summed E-state index contributed by atoms with van der Waals surface area (Å²) in [5.41, 5.74) is -0.0194. The summed E-state index contributed by atoms with van der Waals surface area (Å²) in [7, 11) is 1.36. The largest absolute Gasteiger partial charge is 0.469 e. The zero-order valence-corrected chi connectivity index (χ0v) is 18.8. The van der Waals surface area contributed by atoms with E-state index in [9.17, 15) is 19.8 Å². The number of fused-ring (bicyclic) bond motifs is 1. The summed E-state index contributed by atoms with van der Waals surface area (Å²) in [6, 6.07) is 0. The highest BCUT2D eigenvalue weighted by Crippen LogP contribution is 2.48. The fourth-order valence-electron chi connectivity index (χ4n) is 4.15. The van der Waals surface area contributed by atoms with Crippen LogP contribution in [-0.2, 0) is 23.8 Å². The molecule has 1 aliphatic heterocycles. The summed E-state index contributed by atoms with van der Waals surface area (Å²) in [6.45, 7) is 10.6. The Morgan fingerprint density at radius 3 is 2.63 bits per heavy atom. The van der Waals surface area contributed by atoms with Crippen LogP contribution in [0.5, 0.6) is 0 Å². The Bertz CT molecular complexity index is 690. The average Bonchev–Trinajstić information content (AvgIpc) is 3.30. The number of epoxide rings is 1. The first kappa shape index (κ1) is 24.6. The first-order valence-corrected chi connectivity index (χ1v) is 10.5. The van der Waals surface area contributed by atoms with Crippen molar-refractivity contribution in [3.8, 4) is 0 Å². The lowest BCUT2D eigenvalue weighted by Gasteiger charge is -2.30. The Morgan fingerprint density at radius 2 is 2.07 bits per heavy atom. The molecule has 30 heavy (non-hydrogen) atoms. The van der Waals surface area contributed by atoms with Gasteiger partial charge in [-0.3, -0.25) is 9.59 Å². The van der Waals surface area contributed by atoms with E-state index in [-0.39, 0.29) is 36.6 Å². The molecule has 0 amide bonds. The van der Waals surface area contributed by atoms with E-state index in [1.54, 1.807) is 6.08 Å². The molecule has 0 spiro atoms. The molecule has 2 fully saturated rings. The lowest BCUT2D eigenvalue weighted by atomic mass is 9.77. The van der Waals surface area contributed by atoms with Crippen molar-refractivity contribution in [2.24, 2.45) is 11.8 Å². The van der Waals surface area contributed by atoms with Crippen LogP contribution in [0.25, 0.3) is 0 Å². The lowest BCUT2D eigenvalue weighted by Crippen LogP contribution is -2.35. The molecular formula is C23H36O7. The predicted molar refractivity (Wildman–Crippen MR) is 112 cm³/mol. The van der Waals surface area contributed by atoms with Gasteiger partial charge in [0.25, 0.3) is 0 Å². The number of aliphatic hydroxyl groups is 2. The van der Waals surface area contributed by atoms with Crippen molar-refractivity contribution in [3.05, 3.63) is 23.8 Å². The standard InChI is InChI=1S/C23H36O7/c1-14-7-10-19-23(5,30-19)12-11-17(20(14)21(26)28-6)16(13-29-15(2)24)8-9-18(25)22(3,4)27/h8,17-20,25,27H,1,7,9-13H2,2-6H3/b16-8-/t17-,18+,19+,20+,23+/m1/s1. The van der Waals surface area contributed by atoms with E-state index in [1.807, 2.05) is 0 Å². The molecule has 0 bridgehead atoms. The van der Waals surface area contributed by atoms with E-state index < -0.39 is 23.6 Å². The summed E-state index contributed by atoms with van der Waals surface area (Å²) in [4.78, 5) is 24.2. The van der Waals surface area contributed by atoms with Gasteiger partial charge < -0.3 is 24.4 Å². The quantitative estimate of drug-likeness (QED) is 0.368. The van der Waals surface area contributed by atoms with Crippen molar-refractivity contribution in [3.63, 3.8) is 0 Å². The van der Waals surface area contributed by atoms with E-state index in [2.05, 4.69) is 13.5 Å². The smallest absolute Gasteiger partial charge is 0.313 e. The maximum atomic E-state index is 12.7. The zero-order valence-electron chi connectivity index (χ0n) is 18.8. The van der Waals surface area contributed by atoms with E-state index in [0.29, 0.717) is 18.4 Å². The minimum atomic E-state index is -1.28. The second-order valence-electron chi connectivity index (χ2n) is 9.23. The minimum Gasteiger partial charge on any atom is -0.469 e. The van der Waals surface area contributed by atoms with Crippen LogP contribution in [-0.4, -0.2) is 59.3 Å². The van der Waals surface area contributed by atoms with Gasteiger partial charge in [-0.2, -0.15) is 0 Å². The Labute approximate surface area is 179 Å². The van der Waals surface area contributed by atoms with Crippen LogP contribution in [0.4, 0.5) is 0 Å². The maximum Gasteiger partial charge on any atom is 0.313 e. The number of rotatable bonds is 7. The first-order chi connectivity index (χ1) is 13.9. The fourth-order valence-corrected chi connectivity index (χ4v) is 4.15. The molecule has 7 nitrogen and oxygen atoms in total. The first-order valence-electron chi connectivity index (χ1n) is 10.5. The molecule has 7 heteroatoms. The fraction of sp³-hybridized carbons (Fsp3) is 0.739. The molecule has 0 unspecified atom stereocenters. The highest BCUT2D eigenvalue weighted by Gasteiger charge is 2.53. The van der Waals surface area contributed by atoms with Gasteiger partial charge in [0.1, 0.15) is 6.61 Å². The summed E-state index contributed by atoms with van der Waals surface area (Å²) in [5, 5.41) is 20.4. The van der Waals surface area contributed by atoms with Crippen molar-refractivity contribution in [2.45, 2.75) is 83.2 Å².